The highest BCUT2D eigenvalue weighted by Crippen LogP contribution is 2.36. The summed E-state index contributed by atoms with van der Waals surface area (Å²) in [6.07, 6.45) is 21.1. The van der Waals surface area contributed by atoms with Gasteiger partial charge in [-0.3, -0.25) is 4.99 Å². The molecular formula is C45H65N4O6S2+3. The van der Waals surface area contributed by atoms with Crippen LogP contribution in [0.5, 0.6) is 34.5 Å². The van der Waals surface area contributed by atoms with E-state index < -0.39 is 0 Å². The number of aliphatic imine (C=N–C) groups is 1. The smallest absolute Gasteiger partial charge is 0.205 e. The molecule has 0 radical (unpaired) electrons. The topological polar surface area (TPSA) is 71.6 Å². The van der Waals surface area contributed by atoms with Gasteiger partial charge in [-0.15, -0.1) is 0 Å². The Morgan fingerprint density at radius 2 is 1.07 bits per heavy atom. The van der Waals surface area contributed by atoms with Crippen LogP contribution < -0.4 is 33.0 Å². The van der Waals surface area contributed by atoms with Crippen molar-refractivity contribution in [2.75, 3.05) is 115 Å². The standard InChI is InChI=1S/C45H65N4O6S2/c1-48(2,27-18-26-47-25-17-15-20-39(47)22-21-38-34-43(53-8)45(55-10)36-41(38)51-6)29-31-56-57-32-30-49(3,4)28-24-46-23-16-13-11-12-14-19-37-33-42(52-7)44(54-9)35-40(37)50-5/h11-17,19-23,25,33-36H,18,24,26-32H2,1-10H3/q+3/b12-11+,16-13-,19-14+,22-21+,46-23?. The fourth-order valence-corrected chi connectivity index (χ4v) is 8.36. The predicted octanol–water partition coefficient (Wildman–Crippen LogP) is 8.02. The monoisotopic (exact) mass is 821 g/mol. The van der Waals surface area contributed by atoms with Crippen LogP contribution in [0, 0.1) is 0 Å². The number of pyridine rings is 1. The van der Waals surface area contributed by atoms with Crippen LogP contribution in [-0.2, 0) is 6.54 Å². The largest absolute Gasteiger partial charge is 0.496 e. The van der Waals surface area contributed by atoms with Crippen molar-refractivity contribution in [1.29, 1.82) is 0 Å². The molecule has 0 aliphatic rings. The van der Waals surface area contributed by atoms with Crippen molar-refractivity contribution in [2.45, 2.75) is 13.0 Å². The highest BCUT2D eigenvalue weighted by molar-refractivity contribution is 8.76. The van der Waals surface area contributed by atoms with Crippen molar-refractivity contribution >= 4 is 46.0 Å². The van der Waals surface area contributed by atoms with Gasteiger partial charge < -0.3 is 37.4 Å². The first-order chi connectivity index (χ1) is 27.5. The normalized spacial score (nSPS) is 12.5. The minimum atomic E-state index is 0.636. The van der Waals surface area contributed by atoms with Gasteiger partial charge in [0.25, 0.3) is 0 Å². The second-order valence-electron chi connectivity index (χ2n) is 14.5. The number of likely N-dealkylation sites (N-methyl/N-ethyl adjacent to an activating group) is 1. The third-order valence-electron chi connectivity index (χ3n) is 9.43. The quantitative estimate of drug-likeness (QED) is 0.0202. The molecule has 0 bridgehead atoms. The lowest BCUT2D eigenvalue weighted by Crippen LogP contribution is -2.45. The molecule has 0 aliphatic heterocycles. The summed E-state index contributed by atoms with van der Waals surface area (Å²) in [5, 5.41) is 0. The molecule has 1 heterocycles. The molecule has 2 aromatic carbocycles. The van der Waals surface area contributed by atoms with E-state index in [-0.39, 0.29) is 0 Å². The van der Waals surface area contributed by atoms with E-state index >= 15 is 0 Å². The van der Waals surface area contributed by atoms with Crippen molar-refractivity contribution in [2.24, 2.45) is 4.99 Å². The van der Waals surface area contributed by atoms with E-state index in [1.165, 1.54) is 0 Å². The number of methoxy groups -OCH3 is 6. The number of nitrogens with zero attached hydrogens (tertiary/aromatic N) is 4. The molecule has 0 saturated carbocycles. The Hall–Kier alpha value is -4.36. The highest BCUT2D eigenvalue weighted by Gasteiger charge is 2.18. The molecule has 0 saturated heterocycles. The molecule has 0 amide bonds. The van der Waals surface area contributed by atoms with Crippen molar-refractivity contribution in [1.82, 2.24) is 0 Å². The van der Waals surface area contributed by atoms with E-state index in [2.05, 4.69) is 74.3 Å². The van der Waals surface area contributed by atoms with E-state index in [4.69, 9.17) is 28.4 Å². The Bertz CT molecular complexity index is 1820. The lowest BCUT2D eigenvalue weighted by Gasteiger charge is -2.30. The minimum Gasteiger partial charge on any atom is -0.496 e. The SMILES string of the molecule is COc1cc(OC)c(OC)cc1/C=C/C=C/C=C\C=NCC[N+](C)(C)CCSSCC[N+](C)(C)CCC[n+]1ccccc1/C=C/c1cc(OC)c(OC)cc1OC. The molecule has 0 N–H and O–H groups in total. The summed E-state index contributed by atoms with van der Waals surface area (Å²) in [5.74, 6) is 6.33. The summed E-state index contributed by atoms with van der Waals surface area (Å²) >= 11 is 0. The first-order valence-electron chi connectivity index (χ1n) is 19.1. The molecular weight excluding hydrogens is 757 g/mol. The zero-order valence-electron chi connectivity index (χ0n) is 35.7. The zero-order valence-corrected chi connectivity index (χ0v) is 37.4. The van der Waals surface area contributed by atoms with Crippen LogP contribution in [0.2, 0.25) is 0 Å². The predicted molar refractivity (Wildman–Crippen MR) is 242 cm³/mol. The van der Waals surface area contributed by atoms with Crippen molar-refractivity contribution in [3.8, 4) is 34.5 Å². The van der Waals surface area contributed by atoms with E-state index in [0.717, 1.165) is 94.5 Å². The van der Waals surface area contributed by atoms with E-state index in [1.807, 2.05) is 88.5 Å². The maximum Gasteiger partial charge on any atom is 0.205 e. The van der Waals surface area contributed by atoms with Gasteiger partial charge in [0, 0.05) is 47.7 Å². The summed E-state index contributed by atoms with van der Waals surface area (Å²) in [7, 11) is 23.1. The molecule has 0 fully saturated rings. The molecule has 0 spiro atoms. The van der Waals surface area contributed by atoms with Crippen molar-refractivity contribution in [3.05, 3.63) is 95.9 Å². The molecule has 0 aliphatic carbocycles. The number of aryl methyl sites for hydroxylation is 1. The fraction of sp³-hybridized carbons (Fsp3) is 0.422. The maximum absolute atomic E-state index is 5.62. The van der Waals surface area contributed by atoms with E-state index in [0.29, 0.717) is 23.0 Å². The lowest BCUT2D eigenvalue weighted by molar-refractivity contribution is -0.890. The van der Waals surface area contributed by atoms with Crippen LogP contribution in [-0.4, -0.2) is 130 Å². The Kier molecular flexibility index (Phi) is 20.7. The van der Waals surface area contributed by atoms with Crippen molar-refractivity contribution < 1.29 is 42.0 Å². The Labute approximate surface area is 350 Å². The summed E-state index contributed by atoms with van der Waals surface area (Å²) in [5.41, 5.74) is 2.98. The van der Waals surface area contributed by atoms with Gasteiger partial charge in [-0.1, -0.05) is 52.0 Å². The van der Waals surface area contributed by atoms with Crippen LogP contribution >= 0.6 is 21.6 Å². The van der Waals surface area contributed by atoms with Crippen LogP contribution in [0.15, 0.2) is 84.0 Å². The van der Waals surface area contributed by atoms with Crippen LogP contribution in [0.25, 0.3) is 18.2 Å². The number of aromatic nitrogens is 1. The Morgan fingerprint density at radius 3 is 1.65 bits per heavy atom. The van der Waals surface area contributed by atoms with Crippen molar-refractivity contribution in [3.63, 3.8) is 0 Å². The van der Waals surface area contributed by atoms with Gasteiger partial charge in [0.1, 0.15) is 11.5 Å². The Morgan fingerprint density at radius 1 is 0.561 bits per heavy atom. The molecule has 57 heavy (non-hydrogen) atoms. The summed E-state index contributed by atoms with van der Waals surface area (Å²) in [4.78, 5) is 4.60. The number of benzene rings is 2. The molecule has 10 nitrogen and oxygen atoms in total. The first kappa shape index (κ1) is 47.0. The molecule has 0 unspecified atom stereocenters. The highest BCUT2D eigenvalue weighted by atomic mass is 33.1. The van der Waals surface area contributed by atoms with Crippen LogP contribution in [0.1, 0.15) is 23.2 Å². The van der Waals surface area contributed by atoms with E-state index in [1.54, 1.807) is 42.7 Å². The average Bonchev–Trinajstić information content (AvgIpc) is 3.21. The minimum absolute atomic E-state index is 0.636. The molecule has 3 aromatic rings. The number of allylic oxidation sites excluding steroid dienone is 5. The van der Waals surface area contributed by atoms with Crippen LogP contribution in [0.4, 0.5) is 0 Å². The van der Waals surface area contributed by atoms with Gasteiger partial charge in [-0.25, -0.2) is 0 Å². The fourth-order valence-electron chi connectivity index (χ4n) is 5.83. The molecule has 1 aromatic heterocycles. The van der Waals surface area contributed by atoms with Gasteiger partial charge in [0.05, 0.1) is 121 Å². The number of quaternary nitrogens is 2. The lowest BCUT2D eigenvalue weighted by atomic mass is 10.1. The zero-order chi connectivity index (χ0) is 41.5. The second-order valence-corrected chi connectivity index (χ2v) is 17.2. The molecule has 3 rings (SSSR count). The van der Waals surface area contributed by atoms with Gasteiger partial charge in [0.15, 0.2) is 35.7 Å². The second kappa shape index (κ2) is 25.1. The number of hydrogen-bond acceptors (Lipinski definition) is 9. The number of hydrogen-bond donors (Lipinski definition) is 0. The van der Waals surface area contributed by atoms with Gasteiger partial charge >= 0.3 is 0 Å². The first-order valence-corrected chi connectivity index (χ1v) is 21.6. The summed E-state index contributed by atoms with van der Waals surface area (Å²) < 4.78 is 37.1. The third kappa shape index (κ3) is 16.6. The maximum atomic E-state index is 5.62. The number of rotatable bonds is 26. The molecule has 310 valence electrons. The van der Waals surface area contributed by atoms with Crippen LogP contribution in [0.3, 0.4) is 0 Å². The van der Waals surface area contributed by atoms with Gasteiger partial charge in [-0.2, -0.15) is 4.57 Å². The van der Waals surface area contributed by atoms with Gasteiger partial charge in [-0.05, 0) is 30.4 Å². The molecule has 12 heteroatoms. The van der Waals surface area contributed by atoms with Gasteiger partial charge in [0.2, 0.25) is 5.69 Å². The third-order valence-corrected chi connectivity index (χ3v) is 11.8. The summed E-state index contributed by atoms with van der Waals surface area (Å²) in [6, 6.07) is 13.8. The number of ether oxygens (including phenoxy) is 6. The molecule has 0 atom stereocenters. The average molecular weight is 822 g/mol. The van der Waals surface area contributed by atoms with E-state index in [9.17, 15) is 0 Å². The summed E-state index contributed by atoms with van der Waals surface area (Å²) in [6.45, 7) is 6.13. The Balaban J connectivity index is 1.32.